The van der Waals surface area contributed by atoms with Gasteiger partial charge in [0.25, 0.3) is 0 Å². The fraction of sp³-hybridized carbons (Fsp3) is 0.647. The third-order valence-corrected chi connectivity index (χ3v) is 5.30. The molecule has 2 nitrogen and oxygen atoms in total. The summed E-state index contributed by atoms with van der Waals surface area (Å²) >= 11 is 3.57. The van der Waals surface area contributed by atoms with E-state index in [4.69, 9.17) is 4.74 Å². The van der Waals surface area contributed by atoms with Gasteiger partial charge >= 0.3 is 0 Å². The van der Waals surface area contributed by atoms with Gasteiger partial charge in [-0.15, -0.1) is 0 Å². The zero-order chi connectivity index (χ0) is 14.2. The molecule has 1 heterocycles. The van der Waals surface area contributed by atoms with Crippen LogP contribution in [0.5, 0.6) is 0 Å². The lowest BCUT2D eigenvalue weighted by Crippen LogP contribution is -2.56. The van der Waals surface area contributed by atoms with Gasteiger partial charge in [-0.1, -0.05) is 47.8 Å². The van der Waals surface area contributed by atoms with Gasteiger partial charge in [0.2, 0.25) is 0 Å². The summed E-state index contributed by atoms with van der Waals surface area (Å²) in [6, 6.07) is 8.91. The van der Waals surface area contributed by atoms with Crippen molar-refractivity contribution in [1.29, 1.82) is 0 Å². The van der Waals surface area contributed by atoms with Gasteiger partial charge in [0.05, 0.1) is 11.7 Å². The number of rotatable bonds is 1. The van der Waals surface area contributed by atoms with E-state index in [-0.39, 0.29) is 11.7 Å². The quantitative estimate of drug-likeness (QED) is 0.817. The summed E-state index contributed by atoms with van der Waals surface area (Å²) < 4.78 is 7.78. The molecule has 1 saturated heterocycles. The summed E-state index contributed by atoms with van der Waals surface area (Å²) in [6.45, 7) is 5.59. The van der Waals surface area contributed by atoms with Crippen molar-refractivity contribution in [1.82, 2.24) is 5.32 Å². The van der Waals surface area contributed by atoms with Crippen LogP contribution in [0.3, 0.4) is 0 Å². The largest absolute Gasteiger partial charge is 0.364 e. The van der Waals surface area contributed by atoms with Gasteiger partial charge in [-0.25, -0.2) is 0 Å². The summed E-state index contributed by atoms with van der Waals surface area (Å²) in [4.78, 5) is 0. The molecule has 1 spiro atoms. The van der Waals surface area contributed by atoms with Gasteiger partial charge < -0.3 is 10.1 Å². The van der Waals surface area contributed by atoms with E-state index in [2.05, 4.69) is 59.4 Å². The smallest absolute Gasteiger partial charge is 0.0983 e. The first kappa shape index (κ1) is 14.6. The van der Waals surface area contributed by atoms with Crippen molar-refractivity contribution in [2.24, 2.45) is 5.92 Å². The average molecular weight is 338 g/mol. The second kappa shape index (κ2) is 5.78. The van der Waals surface area contributed by atoms with Crippen LogP contribution in [0.1, 0.15) is 51.2 Å². The van der Waals surface area contributed by atoms with Gasteiger partial charge in [-0.05, 0) is 43.4 Å². The predicted molar refractivity (Wildman–Crippen MR) is 85.8 cm³/mol. The Hall–Kier alpha value is -0.380. The van der Waals surface area contributed by atoms with Crippen molar-refractivity contribution in [3.05, 3.63) is 34.3 Å². The zero-order valence-corrected chi connectivity index (χ0v) is 13.9. The number of ether oxygens (including phenoxy) is 1. The third-order valence-electron chi connectivity index (χ3n) is 4.80. The lowest BCUT2D eigenvalue weighted by Gasteiger charge is -2.48. The fourth-order valence-corrected chi connectivity index (χ4v) is 4.20. The van der Waals surface area contributed by atoms with E-state index in [1.54, 1.807) is 0 Å². The molecule has 3 rings (SSSR count). The van der Waals surface area contributed by atoms with Crippen LogP contribution in [0.2, 0.25) is 0 Å². The van der Waals surface area contributed by atoms with Crippen LogP contribution in [0, 0.1) is 5.92 Å². The van der Waals surface area contributed by atoms with Crippen LogP contribution in [-0.4, -0.2) is 18.2 Å². The molecule has 1 aliphatic carbocycles. The highest BCUT2D eigenvalue weighted by molar-refractivity contribution is 9.10. The van der Waals surface area contributed by atoms with Crippen LogP contribution in [-0.2, 0) is 4.74 Å². The van der Waals surface area contributed by atoms with Crippen LogP contribution in [0.15, 0.2) is 28.7 Å². The van der Waals surface area contributed by atoms with Crippen molar-refractivity contribution in [2.75, 3.05) is 6.54 Å². The summed E-state index contributed by atoms with van der Waals surface area (Å²) in [7, 11) is 0. The minimum Gasteiger partial charge on any atom is -0.364 e. The lowest BCUT2D eigenvalue weighted by molar-refractivity contribution is -0.158. The molecule has 1 aromatic carbocycles. The van der Waals surface area contributed by atoms with Crippen molar-refractivity contribution in [3.8, 4) is 0 Å². The molecule has 0 radical (unpaired) electrons. The van der Waals surface area contributed by atoms with Crippen LogP contribution in [0.25, 0.3) is 0 Å². The summed E-state index contributed by atoms with van der Waals surface area (Å²) in [5.74, 6) is 0.780. The van der Waals surface area contributed by atoms with E-state index in [0.29, 0.717) is 6.04 Å². The highest BCUT2D eigenvalue weighted by atomic mass is 79.9. The number of hydrogen-bond acceptors (Lipinski definition) is 2. The van der Waals surface area contributed by atoms with Gasteiger partial charge in [-0.2, -0.15) is 0 Å². The van der Waals surface area contributed by atoms with Gasteiger partial charge in [0.1, 0.15) is 0 Å². The van der Waals surface area contributed by atoms with Crippen molar-refractivity contribution in [2.45, 2.75) is 57.3 Å². The Morgan fingerprint density at radius 2 is 2.20 bits per heavy atom. The standard InChI is InChI=1S/C17H24BrNO/c1-12-5-4-8-17(10-12)11-19-13(2)16(20-17)14-6-3-7-15(18)9-14/h3,6-7,9,12-13,16,19H,4-5,8,10-11H2,1-2H3. The summed E-state index contributed by atoms with van der Waals surface area (Å²) in [6.07, 6.45) is 5.19. The number of nitrogens with one attached hydrogen (secondary N) is 1. The highest BCUT2D eigenvalue weighted by Gasteiger charge is 2.43. The molecule has 1 saturated carbocycles. The molecule has 20 heavy (non-hydrogen) atoms. The second-order valence-electron chi connectivity index (χ2n) is 6.65. The highest BCUT2D eigenvalue weighted by Crippen LogP contribution is 2.41. The second-order valence-corrected chi connectivity index (χ2v) is 7.56. The molecular weight excluding hydrogens is 314 g/mol. The molecule has 0 aromatic heterocycles. The summed E-state index contributed by atoms with van der Waals surface area (Å²) in [5, 5.41) is 3.69. The minimum absolute atomic E-state index is 0.0527. The summed E-state index contributed by atoms with van der Waals surface area (Å²) in [5.41, 5.74) is 1.33. The van der Waals surface area contributed by atoms with Crippen LogP contribution in [0.4, 0.5) is 0 Å². The minimum atomic E-state index is 0.0527. The Labute approximate surface area is 130 Å². The Bertz CT molecular complexity index is 478. The molecule has 0 bridgehead atoms. The SMILES string of the molecule is CC1CCCC2(CNC(C)C(c3cccc(Br)c3)O2)C1. The first-order chi connectivity index (χ1) is 9.58. The Balaban J connectivity index is 1.83. The molecule has 0 amide bonds. The maximum absolute atomic E-state index is 6.66. The first-order valence-electron chi connectivity index (χ1n) is 7.75. The Kier molecular flexibility index (Phi) is 4.21. The lowest BCUT2D eigenvalue weighted by atomic mass is 9.77. The molecular formula is C17H24BrNO. The zero-order valence-electron chi connectivity index (χ0n) is 12.4. The van der Waals surface area contributed by atoms with E-state index in [1.807, 2.05) is 0 Å². The predicted octanol–water partition coefficient (Wildman–Crippen LogP) is 4.45. The van der Waals surface area contributed by atoms with Gasteiger partial charge in [-0.3, -0.25) is 0 Å². The number of benzene rings is 1. The third kappa shape index (κ3) is 2.95. The van der Waals surface area contributed by atoms with Gasteiger partial charge in [0, 0.05) is 17.1 Å². The number of halogens is 1. The molecule has 3 heteroatoms. The number of hydrogen-bond donors (Lipinski definition) is 1. The van der Waals surface area contributed by atoms with E-state index < -0.39 is 0 Å². The molecule has 1 aliphatic heterocycles. The van der Waals surface area contributed by atoms with Crippen LogP contribution >= 0.6 is 15.9 Å². The average Bonchev–Trinajstić information content (AvgIpc) is 2.42. The van der Waals surface area contributed by atoms with Crippen LogP contribution < -0.4 is 5.32 Å². The van der Waals surface area contributed by atoms with E-state index in [1.165, 1.54) is 31.2 Å². The van der Waals surface area contributed by atoms with Crippen molar-refractivity contribution >= 4 is 15.9 Å². The van der Waals surface area contributed by atoms with Gasteiger partial charge in [0.15, 0.2) is 0 Å². The monoisotopic (exact) mass is 337 g/mol. The molecule has 1 N–H and O–H groups in total. The maximum atomic E-state index is 6.66. The molecule has 2 fully saturated rings. The van der Waals surface area contributed by atoms with E-state index >= 15 is 0 Å². The van der Waals surface area contributed by atoms with E-state index in [0.717, 1.165) is 16.9 Å². The Morgan fingerprint density at radius 3 is 2.95 bits per heavy atom. The molecule has 110 valence electrons. The fourth-order valence-electron chi connectivity index (χ4n) is 3.79. The van der Waals surface area contributed by atoms with Crippen molar-refractivity contribution < 1.29 is 4.74 Å². The van der Waals surface area contributed by atoms with E-state index in [9.17, 15) is 0 Å². The first-order valence-corrected chi connectivity index (χ1v) is 8.54. The van der Waals surface area contributed by atoms with Crippen molar-refractivity contribution in [3.63, 3.8) is 0 Å². The number of morpholine rings is 1. The Morgan fingerprint density at radius 1 is 1.35 bits per heavy atom. The molecule has 4 atom stereocenters. The maximum Gasteiger partial charge on any atom is 0.0983 e. The molecule has 4 unspecified atom stereocenters. The molecule has 1 aromatic rings. The normalized spacial score (nSPS) is 38.0. The topological polar surface area (TPSA) is 21.3 Å². The molecule has 2 aliphatic rings.